The maximum atomic E-state index is 9.95. The fraction of sp³-hybridized carbons (Fsp3) is 0.176. The van der Waals surface area contributed by atoms with E-state index >= 15 is 0 Å². The van der Waals surface area contributed by atoms with Gasteiger partial charge in [-0.1, -0.05) is 0 Å². The molecule has 0 saturated heterocycles. The number of nitrogens with zero attached hydrogens (tertiary/aromatic N) is 3. The molecule has 1 aromatic carbocycles. The standard InChI is InChI=1S/C17H17N3O3S2/c1-10(2)19-17-20(13(9-25-17)12-5-6-24-8-12)18-7-11-3-4-14(21)16(23)15(11)22/h3-10,21-23H,1-2H3/b18-7+,19-17?. The Labute approximate surface area is 152 Å². The van der Waals surface area contributed by atoms with E-state index in [1.54, 1.807) is 16.0 Å². The Hall–Kier alpha value is -2.58. The molecule has 0 spiro atoms. The summed E-state index contributed by atoms with van der Waals surface area (Å²) in [7, 11) is 0. The molecule has 0 aliphatic carbocycles. The van der Waals surface area contributed by atoms with E-state index < -0.39 is 11.5 Å². The number of thiazole rings is 1. The minimum absolute atomic E-state index is 0.113. The molecule has 0 aliphatic heterocycles. The van der Waals surface area contributed by atoms with Gasteiger partial charge in [-0.2, -0.15) is 16.4 Å². The fourth-order valence-electron chi connectivity index (χ4n) is 2.14. The van der Waals surface area contributed by atoms with E-state index in [0.29, 0.717) is 5.56 Å². The van der Waals surface area contributed by atoms with Crippen LogP contribution < -0.4 is 4.80 Å². The summed E-state index contributed by atoms with van der Waals surface area (Å²) in [5.74, 6) is -1.37. The average Bonchev–Trinajstić information content (AvgIpc) is 3.21. The quantitative estimate of drug-likeness (QED) is 0.481. The lowest BCUT2D eigenvalue weighted by Gasteiger charge is -2.05. The van der Waals surface area contributed by atoms with E-state index in [1.165, 1.54) is 29.7 Å². The molecule has 0 aliphatic rings. The molecular formula is C17H17N3O3S2. The van der Waals surface area contributed by atoms with Crippen molar-refractivity contribution in [1.82, 2.24) is 4.68 Å². The van der Waals surface area contributed by atoms with Crippen molar-refractivity contribution in [2.75, 3.05) is 0 Å². The lowest BCUT2D eigenvalue weighted by Crippen LogP contribution is -2.14. The van der Waals surface area contributed by atoms with Gasteiger partial charge in [0.2, 0.25) is 10.6 Å². The van der Waals surface area contributed by atoms with Gasteiger partial charge in [-0.25, -0.2) is 4.68 Å². The number of hydrogen-bond donors (Lipinski definition) is 3. The van der Waals surface area contributed by atoms with Gasteiger partial charge < -0.3 is 15.3 Å². The zero-order valence-corrected chi connectivity index (χ0v) is 15.3. The zero-order valence-electron chi connectivity index (χ0n) is 13.6. The molecule has 0 amide bonds. The molecule has 2 aromatic heterocycles. The Kier molecular flexibility index (Phi) is 4.91. The number of aromatic hydroxyl groups is 3. The molecule has 0 unspecified atom stereocenters. The van der Waals surface area contributed by atoms with Crippen LogP contribution in [0.25, 0.3) is 11.3 Å². The monoisotopic (exact) mass is 375 g/mol. The van der Waals surface area contributed by atoms with E-state index in [-0.39, 0.29) is 11.8 Å². The summed E-state index contributed by atoms with van der Waals surface area (Å²) in [6.45, 7) is 3.98. The van der Waals surface area contributed by atoms with E-state index in [4.69, 9.17) is 0 Å². The lowest BCUT2D eigenvalue weighted by atomic mass is 10.2. The third kappa shape index (κ3) is 3.59. The van der Waals surface area contributed by atoms with Crippen molar-refractivity contribution in [3.05, 3.63) is 44.7 Å². The van der Waals surface area contributed by atoms with Crippen LogP contribution in [0, 0.1) is 0 Å². The van der Waals surface area contributed by atoms with Gasteiger partial charge in [-0.15, -0.1) is 11.3 Å². The smallest absolute Gasteiger partial charge is 0.206 e. The van der Waals surface area contributed by atoms with Gasteiger partial charge >= 0.3 is 0 Å². The number of aromatic nitrogens is 1. The second-order valence-electron chi connectivity index (χ2n) is 5.57. The molecule has 0 bridgehead atoms. The Balaban J connectivity index is 2.10. The van der Waals surface area contributed by atoms with Gasteiger partial charge in [0, 0.05) is 27.9 Å². The molecule has 130 valence electrons. The summed E-state index contributed by atoms with van der Waals surface area (Å²) >= 11 is 3.08. The van der Waals surface area contributed by atoms with Crippen molar-refractivity contribution in [3.63, 3.8) is 0 Å². The van der Waals surface area contributed by atoms with Gasteiger partial charge in [-0.3, -0.25) is 4.99 Å². The van der Waals surface area contributed by atoms with Crippen molar-refractivity contribution in [2.45, 2.75) is 19.9 Å². The van der Waals surface area contributed by atoms with Crippen molar-refractivity contribution in [2.24, 2.45) is 10.1 Å². The minimum atomic E-state index is -0.565. The van der Waals surface area contributed by atoms with Crippen LogP contribution in [0.3, 0.4) is 0 Å². The first-order valence-corrected chi connectivity index (χ1v) is 9.35. The number of hydrogen-bond acceptors (Lipinski definition) is 7. The molecule has 3 rings (SSSR count). The number of benzene rings is 1. The van der Waals surface area contributed by atoms with Crippen LogP contribution in [0.15, 0.2) is 44.4 Å². The molecule has 8 heteroatoms. The third-order valence-electron chi connectivity index (χ3n) is 3.34. The van der Waals surface area contributed by atoms with Gasteiger partial charge in [0.25, 0.3) is 0 Å². The van der Waals surface area contributed by atoms with E-state index in [9.17, 15) is 15.3 Å². The Morgan fingerprint density at radius 2 is 1.88 bits per heavy atom. The summed E-state index contributed by atoms with van der Waals surface area (Å²) < 4.78 is 1.70. The second kappa shape index (κ2) is 7.12. The summed E-state index contributed by atoms with van der Waals surface area (Å²) in [4.78, 5) is 5.31. The topological polar surface area (TPSA) is 90.3 Å². The molecule has 25 heavy (non-hydrogen) atoms. The van der Waals surface area contributed by atoms with Crippen molar-refractivity contribution in [3.8, 4) is 28.5 Å². The highest BCUT2D eigenvalue weighted by Gasteiger charge is 2.11. The molecule has 3 N–H and O–H groups in total. The number of rotatable bonds is 4. The molecule has 0 radical (unpaired) electrons. The molecule has 3 aromatic rings. The van der Waals surface area contributed by atoms with E-state index in [2.05, 4.69) is 10.1 Å². The Morgan fingerprint density at radius 1 is 1.08 bits per heavy atom. The molecule has 6 nitrogen and oxygen atoms in total. The number of thiophene rings is 1. The van der Waals surface area contributed by atoms with Crippen molar-refractivity contribution < 1.29 is 15.3 Å². The first-order valence-electron chi connectivity index (χ1n) is 7.52. The van der Waals surface area contributed by atoms with Crippen LogP contribution >= 0.6 is 22.7 Å². The van der Waals surface area contributed by atoms with Crippen molar-refractivity contribution in [1.29, 1.82) is 0 Å². The summed E-state index contributed by atoms with van der Waals surface area (Å²) in [5, 5.41) is 39.4. The summed E-state index contributed by atoms with van der Waals surface area (Å²) in [6.07, 6.45) is 1.43. The largest absolute Gasteiger partial charge is 0.504 e. The van der Waals surface area contributed by atoms with Gasteiger partial charge in [-0.05, 0) is 37.4 Å². The summed E-state index contributed by atoms with van der Waals surface area (Å²) in [6, 6.07) is 4.89. The maximum Gasteiger partial charge on any atom is 0.206 e. The van der Waals surface area contributed by atoms with Crippen LogP contribution in [0.4, 0.5) is 0 Å². The van der Waals surface area contributed by atoms with Crippen LogP contribution in [0.1, 0.15) is 19.4 Å². The molecule has 0 fully saturated rings. The van der Waals surface area contributed by atoms with Crippen LogP contribution in [0.2, 0.25) is 0 Å². The van der Waals surface area contributed by atoms with Crippen molar-refractivity contribution >= 4 is 28.9 Å². The third-order valence-corrected chi connectivity index (χ3v) is 4.86. The van der Waals surface area contributed by atoms with Crippen LogP contribution in [-0.2, 0) is 0 Å². The predicted octanol–water partition coefficient (Wildman–Crippen LogP) is 3.59. The molecule has 0 atom stereocenters. The average molecular weight is 375 g/mol. The predicted molar refractivity (Wildman–Crippen MR) is 101 cm³/mol. The van der Waals surface area contributed by atoms with Gasteiger partial charge in [0.15, 0.2) is 11.5 Å². The van der Waals surface area contributed by atoms with Crippen LogP contribution in [0.5, 0.6) is 17.2 Å². The van der Waals surface area contributed by atoms with E-state index in [0.717, 1.165) is 16.1 Å². The Morgan fingerprint density at radius 3 is 2.56 bits per heavy atom. The summed E-state index contributed by atoms with van der Waals surface area (Å²) in [5.41, 5.74) is 2.21. The second-order valence-corrected chi connectivity index (χ2v) is 7.18. The Bertz CT molecular complexity index is 970. The minimum Gasteiger partial charge on any atom is -0.504 e. The van der Waals surface area contributed by atoms with E-state index in [1.807, 2.05) is 36.1 Å². The molecule has 2 heterocycles. The van der Waals surface area contributed by atoms with Gasteiger partial charge in [0.1, 0.15) is 0 Å². The fourth-order valence-corrected chi connectivity index (χ4v) is 3.76. The number of phenolic OH excluding ortho intramolecular Hbond substituents is 3. The molecule has 0 saturated carbocycles. The molecular weight excluding hydrogens is 358 g/mol. The zero-order chi connectivity index (χ0) is 18.0. The first kappa shape index (κ1) is 17.2. The SMILES string of the molecule is CC(C)N=c1scc(-c2ccsc2)n1/N=C/c1ccc(O)c(O)c1O. The lowest BCUT2D eigenvalue weighted by molar-refractivity contribution is 0.367. The highest BCUT2D eigenvalue weighted by Crippen LogP contribution is 2.36. The van der Waals surface area contributed by atoms with Crippen LogP contribution in [-0.4, -0.2) is 32.3 Å². The first-order chi connectivity index (χ1) is 12.0. The van der Waals surface area contributed by atoms with Gasteiger partial charge in [0.05, 0.1) is 11.9 Å². The normalized spacial score (nSPS) is 12.5. The maximum absolute atomic E-state index is 9.95. The highest BCUT2D eigenvalue weighted by molar-refractivity contribution is 7.08. The highest BCUT2D eigenvalue weighted by atomic mass is 32.1. The number of phenols is 3.